The van der Waals surface area contributed by atoms with Gasteiger partial charge >= 0.3 is 0 Å². The van der Waals surface area contributed by atoms with Crippen molar-refractivity contribution in [1.82, 2.24) is 10.2 Å². The topological polar surface area (TPSA) is 45.8 Å². The second-order valence-corrected chi connectivity index (χ2v) is 5.02. The van der Waals surface area contributed by atoms with Crippen molar-refractivity contribution in [2.75, 3.05) is 0 Å². The minimum atomic E-state index is 0.126. The summed E-state index contributed by atoms with van der Waals surface area (Å²) < 4.78 is 0. The zero-order chi connectivity index (χ0) is 13.5. The van der Waals surface area contributed by atoms with E-state index in [2.05, 4.69) is 16.3 Å². The van der Waals surface area contributed by atoms with Gasteiger partial charge in [-0.15, -0.1) is 0 Å². The summed E-state index contributed by atoms with van der Waals surface area (Å²) in [6, 6.07) is 13.8. The molecular weight excluding hydrogens is 248 g/mol. The molecule has 0 saturated heterocycles. The van der Waals surface area contributed by atoms with E-state index in [9.17, 15) is 4.79 Å². The highest BCUT2D eigenvalue weighted by atomic mass is 16.1. The third-order valence-electron chi connectivity index (χ3n) is 3.82. The molecule has 96 valence electrons. The highest BCUT2D eigenvalue weighted by Crippen LogP contribution is 2.30. The normalized spacial score (nSPS) is 12.9. The quantitative estimate of drug-likeness (QED) is 0.571. The molecule has 3 nitrogen and oxygen atoms in total. The van der Waals surface area contributed by atoms with Crippen LogP contribution in [0.15, 0.2) is 54.9 Å². The molecule has 1 aliphatic carbocycles. The lowest BCUT2D eigenvalue weighted by molar-refractivity contribution is 0.103. The van der Waals surface area contributed by atoms with Crippen LogP contribution in [0.4, 0.5) is 0 Å². The van der Waals surface area contributed by atoms with E-state index >= 15 is 0 Å². The molecule has 0 fully saturated rings. The second kappa shape index (κ2) is 4.17. The number of carbonyl (C=O) groups excluding carboxylic acids is 1. The molecule has 0 aliphatic heterocycles. The average molecular weight is 260 g/mol. The molecule has 2 aromatic carbocycles. The number of hydrogen-bond donors (Lipinski definition) is 1. The summed E-state index contributed by atoms with van der Waals surface area (Å²) in [7, 11) is 0. The first-order valence-electron chi connectivity index (χ1n) is 6.57. The van der Waals surface area contributed by atoms with Crippen LogP contribution < -0.4 is 0 Å². The predicted octanol–water partition coefficient (Wildman–Crippen LogP) is 3.21. The van der Waals surface area contributed by atoms with E-state index < -0.39 is 0 Å². The van der Waals surface area contributed by atoms with E-state index in [0.717, 1.165) is 39.8 Å². The lowest BCUT2D eigenvalue weighted by atomic mass is 9.84. The minimum absolute atomic E-state index is 0.126. The van der Waals surface area contributed by atoms with Crippen molar-refractivity contribution in [3.05, 3.63) is 77.1 Å². The van der Waals surface area contributed by atoms with Gasteiger partial charge in [0.1, 0.15) is 0 Å². The Morgan fingerprint density at radius 2 is 1.80 bits per heavy atom. The molecule has 0 atom stereocenters. The zero-order valence-corrected chi connectivity index (χ0v) is 10.8. The third kappa shape index (κ3) is 1.60. The van der Waals surface area contributed by atoms with E-state index in [0.29, 0.717) is 0 Å². The Balaban J connectivity index is 1.85. The van der Waals surface area contributed by atoms with Gasteiger partial charge < -0.3 is 0 Å². The van der Waals surface area contributed by atoms with Gasteiger partial charge in [0.2, 0.25) is 0 Å². The van der Waals surface area contributed by atoms with Gasteiger partial charge in [-0.25, -0.2) is 0 Å². The summed E-state index contributed by atoms with van der Waals surface area (Å²) in [6.45, 7) is 0. The van der Waals surface area contributed by atoms with Crippen molar-refractivity contribution < 1.29 is 4.79 Å². The Hall–Kier alpha value is -2.68. The Bertz CT molecular complexity index is 804. The number of hydrogen-bond acceptors (Lipinski definition) is 2. The molecule has 0 amide bonds. The van der Waals surface area contributed by atoms with Crippen LogP contribution in [-0.2, 0) is 6.42 Å². The zero-order valence-electron chi connectivity index (χ0n) is 10.8. The van der Waals surface area contributed by atoms with Gasteiger partial charge in [-0.05, 0) is 29.2 Å². The molecule has 1 heterocycles. The Labute approximate surface area is 116 Å². The lowest BCUT2D eigenvalue weighted by Gasteiger charge is -2.18. The average Bonchev–Trinajstić information content (AvgIpc) is 3.01. The van der Waals surface area contributed by atoms with E-state index in [1.165, 1.54) is 0 Å². The van der Waals surface area contributed by atoms with Crippen molar-refractivity contribution in [3.63, 3.8) is 0 Å². The molecule has 0 spiro atoms. The number of ketones is 1. The van der Waals surface area contributed by atoms with Crippen LogP contribution in [-0.4, -0.2) is 16.0 Å². The molecule has 0 bridgehead atoms. The molecule has 0 radical (unpaired) electrons. The summed E-state index contributed by atoms with van der Waals surface area (Å²) >= 11 is 0. The Morgan fingerprint density at radius 3 is 2.65 bits per heavy atom. The van der Waals surface area contributed by atoms with E-state index in [-0.39, 0.29) is 5.78 Å². The molecule has 0 saturated carbocycles. The van der Waals surface area contributed by atoms with Gasteiger partial charge in [0.05, 0.1) is 6.20 Å². The minimum Gasteiger partial charge on any atom is -0.289 e. The maximum atomic E-state index is 12.5. The molecule has 4 rings (SSSR count). The van der Waals surface area contributed by atoms with E-state index in [1.807, 2.05) is 42.6 Å². The number of aromatic amines is 1. The fourth-order valence-electron chi connectivity index (χ4n) is 2.80. The van der Waals surface area contributed by atoms with Crippen LogP contribution in [0, 0.1) is 0 Å². The largest absolute Gasteiger partial charge is 0.289 e. The molecule has 3 heteroatoms. The van der Waals surface area contributed by atoms with Gasteiger partial charge in [0, 0.05) is 22.9 Å². The van der Waals surface area contributed by atoms with Crippen LogP contribution in [0.3, 0.4) is 0 Å². The second-order valence-electron chi connectivity index (χ2n) is 5.02. The molecule has 0 unspecified atom stereocenters. The summed E-state index contributed by atoms with van der Waals surface area (Å²) in [6.07, 6.45) is 4.46. The number of H-pyrrole nitrogens is 1. The fraction of sp³-hybridized carbons (Fsp3) is 0.0588. The summed E-state index contributed by atoms with van der Waals surface area (Å²) in [5.41, 5.74) is 5.97. The Kier molecular flexibility index (Phi) is 2.33. The number of benzene rings is 2. The summed E-state index contributed by atoms with van der Waals surface area (Å²) in [5.74, 6) is 0.126. The first-order chi connectivity index (χ1) is 9.83. The molecule has 20 heavy (non-hydrogen) atoms. The lowest BCUT2D eigenvalue weighted by Crippen LogP contribution is -2.14. The third-order valence-corrected chi connectivity index (χ3v) is 3.82. The Morgan fingerprint density at radius 1 is 0.950 bits per heavy atom. The van der Waals surface area contributed by atoms with Crippen LogP contribution in [0.5, 0.6) is 0 Å². The van der Waals surface area contributed by atoms with E-state index in [4.69, 9.17) is 0 Å². The predicted molar refractivity (Wildman–Crippen MR) is 76.7 cm³/mol. The molecule has 1 aliphatic rings. The van der Waals surface area contributed by atoms with Gasteiger partial charge in [-0.2, -0.15) is 5.10 Å². The highest BCUT2D eigenvalue weighted by molar-refractivity contribution is 6.12. The monoisotopic (exact) mass is 260 g/mol. The van der Waals surface area contributed by atoms with E-state index in [1.54, 1.807) is 6.20 Å². The van der Waals surface area contributed by atoms with Gasteiger partial charge in [0.25, 0.3) is 0 Å². The maximum Gasteiger partial charge on any atom is 0.193 e. The summed E-state index contributed by atoms with van der Waals surface area (Å²) in [5, 5.41) is 6.79. The van der Waals surface area contributed by atoms with Crippen LogP contribution in [0.2, 0.25) is 0 Å². The maximum absolute atomic E-state index is 12.5. The van der Waals surface area contributed by atoms with Crippen LogP contribution in [0.25, 0.3) is 11.1 Å². The number of nitrogens with one attached hydrogen (secondary N) is 1. The molecule has 1 N–H and O–H groups in total. The van der Waals surface area contributed by atoms with Crippen LogP contribution >= 0.6 is 0 Å². The van der Waals surface area contributed by atoms with Crippen molar-refractivity contribution in [2.24, 2.45) is 0 Å². The van der Waals surface area contributed by atoms with Crippen molar-refractivity contribution >= 4 is 5.78 Å². The van der Waals surface area contributed by atoms with Crippen molar-refractivity contribution in [1.29, 1.82) is 0 Å². The summed E-state index contributed by atoms with van der Waals surface area (Å²) in [4.78, 5) is 12.5. The van der Waals surface area contributed by atoms with Crippen LogP contribution in [0.1, 0.15) is 27.0 Å². The first kappa shape index (κ1) is 11.2. The SMILES string of the molecule is O=C1c2ccccc2Cc2cc(-c3cn[nH]c3)ccc21. The van der Waals surface area contributed by atoms with Crippen molar-refractivity contribution in [3.8, 4) is 11.1 Å². The molecule has 1 aromatic heterocycles. The first-order valence-corrected chi connectivity index (χ1v) is 6.57. The highest BCUT2D eigenvalue weighted by Gasteiger charge is 2.22. The number of carbonyl (C=O) groups is 1. The number of fused-ring (bicyclic) bond motifs is 2. The van der Waals surface area contributed by atoms with Gasteiger partial charge in [-0.1, -0.05) is 36.4 Å². The molecule has 3 aromatic rings. The van der Waals surface area contributed by atoms with Gasteiger partial charge in [0.15, 0.2) is 5.78 Å². The number of rotatable bonds is 1. The molecular formula is C17H12N2O. The standard InChI is InChI=1S/C17H12N2O/c20-17-15-4-2-1-3-12(15)8-13-7-11(5-6-16(13)17)14-9-18-19-10-14/h1-7,9-10H,8H2,(H,18,19). The number of aromatic nitrogens is 2. The van der Waals surface area contributed by atoms with Crippen molar-refractivity contribution in [2.45, 2.75) is 6.42 Å². The smallest absolute Gasteiger partial charge is 0.193 e. The fourth-order valence-corrected chi connectivity index (χ4v) is 2.80. The number of nitrogens with zero attached hydrogens (tertiary/aromatic N) is 1. The van der Waals surface area contributed by atoms with Gasteiger partial charge in [-0.3, -0.25) is 9.89 Å².